The standard InChI is InChI=1S/C13H26N6/c1-6-7-8-9-10(2)15-12-16-11(14-3)17-13(18-12)19(4)5/h10H,6-9H2,1-5H3,(H2,14,15,16,17,18). The van der Waals surface area contributed by atoms with Gasteiger partial charge in [-0.15, -0.1) is 0 Å². The third kappa shape index (κ3) is 5.28. The molecule has 0 aliphatic heterocycles. The van der Waals surface area contributed by atoms with Gasteiger partial charge in [0.15, 0.2) is 0 Å². The second-order valence-corrected chi connectivity index (χ2v) is 4.97. The van der Waals surface area contributed by atoms with Crippen molar-refractivity contribution in [3.8, 4) is 0 Å². The zero-order valence-electron chi connectivity index (χ0n) is 12.7. The normalized spacial score (nSPS) is 12.1. The predicted octanol–water partition coefficient (Wildman–Crippen LogP) is 2.36. The zero-order valence-corrected chi connectivity index (χ0v) is 12.7. The van der Waals surface area contributed by atoms with Crippen LogP contribution in [-0.4, -0.2) is 42.1 Å². The van der Waals surface area contributed by atoms with E-state index in [2.05, 4.69) is 39.4 Å². The van der Waals surface area contributed by atoms with E-state index in [9.17, 15) is 0 Å². The van der Waals surface area contributed by atoms with E-state index in [1.165, 1.54) is 19.3 Å². The Morgan fingerprint density at radius 3 is 2.37 bits per heavy atom. The molecule has 0 saturated carbocycles. The highest BCUT2D eigenvalue weighted by Gasteiger charge is 2.09. The van der Waals surface area contributed by atoms with E-state index < -0.39 is 0 Å². The first-order valence-electron chi connectivity index (χ1n) is 6.94. The van der Waals surface area contributed by atoms with E-state index in [1.54, 1.807) is 0 Å². The van der Waals surface area contributed by atoms with Crippen molar-refractivity contribution in [1.82, 2.24) is 15.0 Å². The number of aromatic nitrogens is 3. The molecule has 0 amide bonds. The third-order valence-corrected chi connectivity index (χ3v) is 2.86. The van der Waals surface area contributed by atoms with Gasteiger partial charge in [-0.1, -0.05) is 26.2 Å². The molecule has 0 fully saturated rings. The fraction of sp³-hybridized carbons (Fsp3) is 0.769. The number of nitrogens with zero attached hydrogens (tertiary/aromatic N) is 4. The third-order valence-electron chi connectivity index (χ3n) is 2.86. The lowest BCUT2D eigenvalue weighted by Gasteiger charge is -2.16. The largest absolute Gasteiger partial charge is 0.357 e. The highest BCUT2D eigenvalue weighted by molar-refractivity contribution is 5.42. The molecule has 0 aliphatic carbocycles. The number of hydrogen-bond acceptors (Lipinski definition) is 6. The molecule has 1 aromatic rings. The Morgan fingerprint density at radius 1 is 1.11 bits per heavy atom. The molecule has 1 atom stereocenters. The number of anilines is 3. The van der Waals surface area contributed by atoms with E-state index in [0.29, 0.717) is 23.9 Å². The van der Waals surface area contributed by atoms with Crippen LogP contribution < -0.4 is 15.5 Å². The summed E-state index contributed by atoms with van der Waals surface area (Å²) in [5, 5.41) is 6.30. The molecule has 0 radical (unpaired) electrons. The van der Waals surface area contributed by atoms with Crippen molar-refractivity contribution in [2.75, 3.05) is 36.7 Å². The molecular weight excluding hydrogens is 240 g/mol. The lowest BCUT2D eigenvalue weighted by molar-refractivity contribution is 0.612. The van der Waals surface area contributed by atoms with Crippen LogP contribution in [0.3, 0.4) is 0 Å². The smallest absolute Gasteiger partial charge is 0.231 e. The summed E-state index contributed by atoms with van der Waals surface area (Å²) in [6.45, 7) is 4.38. The molecular formula is C13H26N6. The maximum Gasteiger partial charge on any atom is 0.231 e. The van der Waals surface area contributed by atoms with Gasteiger partial charge in [0.05, 0.1) is 0 Å². The predicted molar refractivity (Wildman–Crippen MR) is 80.9 cm³/mol. The first-order chi connectivity index (χ1) is 9.06. The average molecular weight is 266 g/mol. The van der Waals surface area contributed by atoms with Crippen molar-refractivity contribution in [2.45, 2.75) is 45.6 Å². The van der Waals surface area contributed by atoms with Crippen LogP contribution in [0.1, 0.15) is 39.5 Å². The molecule has 1 heterocycles. The van der Waals surface area contributed by atoms with E-state index in [4.69, 9.17) is 0 Å². The molecule has 0 bridgehead atoms. The van der Waals surface area contributed by atoms with E-state index in [0.717, 1.165) is 6.42 Å². The Kier molecular flexibility index (Phi) is 6.32. The fourth-order valence-electron chi connectivity index (χ4n) is 1.73. The lowest BCUT2D eigenvalue weighted by atomic mass is 10.1. The average Bonchev–Trinajstić information content (AvgIpc) is 2.38. The molecule has 1 unspecified atom stereocenters. The molecule has 108 valence electrons. The van der Waals surface area contributed by atoms with Gasteiger partial charge in [0, 0.05) is 27.2 Å². The summed E-state index contributed by atoms with van der Waals surface area (Å²) in [4.78, 5) is 14.9. The Morgan fingerprint density at radius 2 is 1.79 bits per heavy atom. The fourth-order valence-corrected chi connectivity index (χ4v) is 1.73. The number of rotatable bonds is 8. The van der Waals surface area contributed by atoms with Crippen LogP contribution >= 0.6 is 0 Å². The summed E-state index contributed by atoms with van der Waals surface area (Å²) >= 11 is 0. The van der Waals surface area contributed by atoms with Crippen molar-refractivity contribution in [1.29, 1.82) is 0 Å². The van der Waals surface area contributed by atoms with Crippen LogP contribution in [0.15, 0.2) is 0 Å². The maximum atomic E-state index is 4.40. The molecule has 0 saturated heterocycles. The minimum absolute atomic E-state index is 0.369. The summed E-state index contributed by atoms with van der Waals surface area (Å²) in [5.41, 5.74) is 0. The first-order valence-corrected chi connectivity index (χ1v) is 6.94. The van der Waals surface area contributed by atoms with Crippen LogP contribution in [-0.2, 0) is 0 Å². The zero-order chi connectivity index (χ0) is 14.3. The lowest BCUT2D eigenvalue weighted by Crippen LogP contribution is -2.20. The Hall–Kier alpha value is -1.59. The quantitative estimate of drug-likeness (QED) is 0.704. The Bertz CT molecular complexity index is 379. The molecule has 1 aromatic heterocycles. The number of unbranched alkanes of at least 4 members (excludes halogenated alkanes) is 2. The summed E-state index contributed by atoms with van der Waals surface area (Å²) in [6, 6.07) is 0.369. The molecule has 6 nitrogen and oxygen atoms in total. The van der Waals surface area contributed by atoms with Crippen molar-refractivity contribution >= 4 is 17.8 Å². The van der Waals surface area contributed by atoms with Gasteiger partial charge in [-0.05, 0) is 13.3 Å². The number of hydrogen-bond donors (Lipinski definition) is 2. The number of nitrogens with one attached hydrogen (secondary N) is 2. The van der Waals surface area contributed by atoms with Crippen molar-refractivity contribution in [3.05, 3.63) is 0 Å². The maximum absolute atomic E-state index is 4.40. The molecule has 0 spiro atoms. The van der Waals surface area contributed by atoms with Crippen LogP contribution in [0.2, 0.25) is 0 Å². The monoisotopic (exact) mass is 266 g/mol. The van der Waals surface area contributed by atoms with Crippen LogP contribution in [0.5, 0.6) is 0 Å². The summed E-state index contributed by atoms with van der Waals surface area (Å²) in [7, 11) is 5.65. The second-order valence-electron chi connectivity index (χ2n) is 4.97. The van der Waals surface area contributed by atoms with Crippen LogP contribution in [0.25, 0.3) is 0 Å². The summed E-state index contributed by atoms with van der Waals surface area (Å²) < 4.78 is 0. The Balaban J connectivity index is 2.68. The summed E-state index contributed by atoms with van der Waals surface area (Å²) in [5.74, 6) is 1.87. The van der Waals surface area contributed by atoms with Gasteiger partial charge in [0.2, 0.25) is 17.8 Å². The van der Waals surface area contributed by atoms with Gasteiger partial charge >= 0.3 is 0 Å². The van der Waals surface area contributed by atoms with Gasteiger partial charge in [-0.25, -0.2) is 0 Å². The molecule has 19 heavy (non-hydrogen) atoms. The SMILES string of the molecule is CCCCCC(C)Nc1nc(NC)nc(N(C)C)n1. The molecule has 0 aromatic carbocycles. The van der Waals surface area contributed by atoms with Gasteiger partial charge in [0.1, 0.15) is 0 Å². The highest BCUT2D eigenvalue weighted by Crippen LogP contribution is 2.13. The second kappa shape index (κ2) is 7.76. The van der Waals surface area contributed by atoms with Gasteiger partial charge in [-0.3, -0.25) is 0 Å². The van der Waals surface area contributed by atoms with Crippen LogP contribution in [0, 0.1) is 0 Å². The van der Waals surface area contributed by atoms with Crippen molar-refractivity contribution in [2.24, 2.45) is 0 Å². The van der Waals surface area contributed by atoms with Crippen molar-refractivity contribution < 1.29 is 0 Å². The minimum Gasteiger partial charge on any atom is -0.357 e. The van der Waals surface area contributed by atoms with Gasteiger partial charge in [0.25, 0.3) is 0 Å². The molecule has 6 heteroatoms. The van der Waals surface area contributed by atoms with E-state index >= 15 is 0 Å². The minimum atomic E-state index is 0.369. The topological polar surface area (TPSA) is 66.0 Å². The van der Waals surface area contributed by atoms with Gasteiger partial charge in [-0.2, -0.15) is 15.0 Å². The van der Waals surface area contributed by atoms with Crippen LogP contribution in [0.4, 0.5) is 17.8 Å². The van der Waals surface area contributed by atoms with Crippen molar-refractivity contribution in [3.63, 3.8) is 0 Å². The molecule has 0 aliphatic rings. The Labute approximate surface area is 116 Å². The van der Waals surface area contributed by atoms with Gasteiger partial charge < -0.3 is 15.5 Å². The highest BCUT2D eigenvalue weighted by atomic mass is 15.3. The molecule has 1 rings (SSSR count). The first kappa shape index (κ1) is 15.5. The summed E-state index contributed by atoms with van der Waals surface area (Å²) in [6.07, 6.45) is 4.88. The van der Waals surface area contributed by atoms with E-state index in [-0.39, 0.29) is 0 Å². The van der Waals surface area contributed by atoms with E-state index in [1.807, 2.05) is 26.0 Å². The molecule has 2 N–H and O–H groups in total.